The van der Waals surface area contributed by atoms with Crippen LogP contribution in [0.2, 0.25) is 10.0 Å². The van der Waals surface area contributed by atoms with E-state index < -0.39 is 5.97 Å². The zero-order chi connectivity index (χ0) is 22.8. The van der Waals surface area contributed by atoms with Crippen molar-refractivity contribution in [2.24, 2.45) is 13.0 Å². The number of fused-ring (bicyclic) bond motifs is 1. The van der Waals surface area contributed by atoms with Crippen molar-refractivity contribution >= 4 is 93.4 Å². The van der Waals surface area contributed by atoms with E-state index in [-0.39, 0.29) is 41.4 Å². The third kappa shape index (κ3) is 5.99. The van der Waals surface area contributed by atoms with Crippen LogP contribution in [-0.2, 0) is 16.6 Å². The van der Waals surface area contributed by atoms with E-state index >= 15 is 0 Å². The van der Waals surface area contributed by atoms with Crippen molar-refractivity contribution in [3.8, 4) is 0 Å². The summed E-state index contributed by atoms with van der Waals surface area (Å²) in [5.74, 6) is -1.32. The molecular weight excluding hydrogens is 490 g/mol. The van der Waals surface area contributed by atoms with Crippen molar-refractivity contribution in [1.29, 1.82) is 0 Å². The third-order valence-electron chi connectivity index (χ3n) is 5.72. The van der Waals surface area contributed by atoms with Gasteiger partial charge in [0.2, 0.25) is 5.91 Å². The molecule has 33 heavy (non-hydrogen) atoms. The Bertz CT molecular complexity index is 1220. The number of aliphatic carboxylic acids is 1. The Balaban J connectivity index is 0.00000306. The minimum atomic E-state index is -0.796. The molecular formula is C24H22Cl2N2NaO3S. The van der Waals surface area contributed by atoms with Gasteiger partial charge in [0.25, 0.3) is 0 Å². The van der Waals surface area contributed by atoms with Gasteiger partial charge in [-0.15, -0.1) is 0 Å². The average molecular weight is 512 g/mol. The molecule has 1 N–H and O–H groups in total. The molecule has 1 aliphatic rings. The number of piperidine rings is 1. The molecule has 1 aliphatic heterocycles. The first-order valence-corrected chi connectivity index (χ1v) is 11.8. The van der Waals surface area contributed by atoms with Crippen LogP contribution in [0.5, 0.6) is 0 Å². The summed E-state index contributed by atoms with van der Waals surface area (Å²) in [7, 11) is 2.01. The Labute approximate surface area is 229 Å². The molecule has 2 aromatic carbocycles. The number of rotatable bonds is 5. The number of carboxylic acids is 1. The van der Waals surface area contributed by atoms with E-state index in [1.807, 2.05) is 25.4 Å². The molecule has 1 amide bonds. The number of amides is 1. The van der Waals surface area contributed by atoms with Gasteiger partial charge in [0, 0.05) is 82.7 Å². The fourth-order valence-electron chi connectivity index (χ4n) is 3.82. The molecule has 1 aromatic heterocycles. The molecule has 1 fully saturated rings. The van der Waals surface area contributed by atoms with Crippen LogP contribution in [0.25, 0.3) is 17.0 Å². The van der Waals surface area contributed by atoms with Gasteiger partial charge in [0.05, 0.1) is 16.0 Å². The van der Waals surface area contributed by atoms with E-state index in [2.05, 4.69) is 28.8 Å². The number of benzene rings is 2. The number of aryl methyl sites for hydroxylation is 1. The Hall–Kier alpha value is -1.41. The largest absolute Gasteiger partial charge is 0.481 e. The standard InChI is InChI=1S/C24H22Cl2N2O3S.Na/c1-27-11-8-17-14-18(4-5-19(17)27)32-20-6-2-15(22(25)23(20)26)3-7-21(29)28-12-9-16(10-13-28)24(30)31;/h2-8,11,14,16H,9-10,12-13H2,1H3,(H,30,31);/b7-3+;. The summed E-state index contributed by atoms with van der Waals surface area (Å²) in [5.41, 5.74) is 1.82. The number of hydrogen-bond donors (Lipinski definition) is 1. The molecule has 0 bridgehead atoms. The fourth-order valence-corrected chi connectivity index (χ4v) is 5.29. The SMILES string of the molecule is Cn1ccc2cc(Sc3ccc(/C=C/C(=O)N4CCC(C(=O)O)CC4)c(Cl)c3Cl)ccc21.[Na]. The van der Waals surface area contributed by atoms with Crippen LogP contribution in [0.3, 0.4) is 0 Å². The van der Waals surface area contributed by atoms with Gasteiger partial charge >= 0.3 is 5.97 Å². The second kappa shape index (κ2) is 11.3. The fraction of sp³-hybridized carbons (Fsp3) is 0.250. The zero-order valence-electron chi connectivity index (χ0n) is 18.4. The minimum Gasteiger partial charge on any atom is -0.481 e. The Morgan fingerprint density at radius 3 is 2.52 bits per heavy atom. The van der Waals surface area contributed by atoms with E-state index in [1.54, 1.807) is 11.0 Å². The number of nitrogens with zero attached hydrogens (tertiary/aromatic N) is 2. The quantitative estimate of drug-likeness (QED) is 0.358. The summed E-state index contributed by atoms with van der Waals surface area (Å²) in [6, 6.07) is 12.1. The van der Waals surface area contributed by atoms with Crippen molar-refractivity contribution in [3.63, 3.8) is 0 Å². The monoisotopic (exact) mass is 511 g/mol. The van der Waals surface area contributed by atoms with E-state index in [4.69, 9.17) is 28.3 Å². The summed E-state index contributed by atoms with van der Waals surface area (Å²) in [5, 5.41) is 11.1. The van der Waals surface area contributed by atoms with Crippen molar-refractivity contribution in [1.82, 2.24) is 9.47 Å². The molecule has 3 aromatic rings. The number of hydrogen-bond acceptors (Lipinski definition) is 3. The average Bonchev–Trinajstić information content (AvgIpc) is 3.16. The second-order valence-corrected chi connectivity index (χ2v) is 9.67. The van der Waals surface area contributed by atoms with Crippen molar-refractivity contribution in [3.05, 3.63) is 64.3 Å². The van der Waals surface area contributed by atoms with Crippen LogP contribution in [0.4, 0.5) is 0 Å². The first-order valence-electron chi connectivity index (χ1n) is 10.2. The van der Waals surface area contributed by atoms with Crippen molar-refractivity contribution in [2.45, 2.75) is 22.6 Å². The first kappa shape index (κ1) is 26.2. The summed E-state index contributed by atoms with van der Waals surface area (Å²) in [6.45, 7) is 0.881. The van der Waals surface area contributed by atoms with E-state index in [9.17, 15) is 9.59 Å². The number of likely N-dealkylation sites (tertiary alicyclic amines) is 1. The second-order valence-electron chi connectivity index (χ2n) is 7.80. The molecule has 0 unspecified atom stereocenters. The minimum absolute atomic E-state index is 0. The molecule has 4 rings (SSSR count). The summed E-state index contributed by atoms with van der Waals surface area (Å²) < 4.78 is 2.07. The van der Waals surface area contributed by atoms with Gasteiger partial charge in [-0.05, 0) is 54.8 Å². The molecule has 167 valence electrons. The van der Waals surface area contributed by atoms with Gasteiger partial charge in [0.1, 0.15) is 0 Å². The van der Waals surface area contributed by atoms with Crippen LogP contribution in [-0.4, -0.2) is 69.1 Å². The molecule has 0 atom stereocenters. The number of aromatic nitrogens is 1. The van der Waals surface area contributed by atoms with Crippen LogP contribution in [0, 0.1) is 5.92 Å². The predicted octanol–water partition coefficient (Wildman–Crippen LogP) is 5.59. The van der Waals surface area contributed by atoms with Gasteiger partial charge in [-0.25, -0.2) is 0 Å². The molecule has 1 radical (unpaired) electrons. The molecule has 9 heteroatoms. The molecule has 0 saturated carbocycles. The summed E-state index contributed by atoms with van der Waals surface area (Å²) >= 11 is 14.6. The Kier molecular flexibility index (Phi) is 9.01. The number of carbonyl (C=O) groups is 2. The topological polar surface area (TPSA) is 62.5 Å². The molecule has 1 saturated heterocycles. The summed E-state index contributed by atoms with van der Waals surface area (Å²) in [4.78, 5) is 27.1. The molecule has 2 heterocycles. The number of carbonyl (C=O) groups excluding carboxylic acids is 1. The van der Waals surface area contributed by atoms with Gasteiger partial charge < -0.3 is 14.6 Å². The van der Waals surface area contributed by atoms with Crippen LogP contribution < -0.4 is 0 Å². The normalized spacial score (nSPS) is 14.6. The molecule has 0 spiro atoms. The molecule has 5 nitrogen and oxygen atoms in total. The maximum atomic E-state index is 12.5. The summed E-state index contributed by atoms with van der Waals surface area (Å²) in [6.07, 6.45) is 6.10. The first-order chi connectivity index (χ1) is 15.3. The smallest absolute Gasteiger partial charge is 0.306 e. The van der Waals surface area contributed by atoms with Crippen LogP contribution in [0.15, 0.2) is 58.5 Å². The maximum absolute atomic E-state index is 12.5. The Morgan fingerprint density at radius 2 is 1.82 bits per heavy atom. The number of carboxylic acid groups (broad SMARTS) is 1. The van der Waals surface area contributed by atoms with Gasteiger partial charge in [-0.3, -0.25) is 9.59 Å². The third-order valence-corrected chi connectivity index (χ3v) is 7.78. The van der Waals surface area contributed by atoms with E-state index in [1.165, 1.54) is 17.8 Å². The Morgan fingerprint density at radius 1 is 1.09 bits per heavy atom. The van der Waals surface area contributed by atoms with Gasteiger partial charge in [-0.1, -0.05) is 41.0 Å². The van der Waals surface area contributed by atoms with Crippen LogP contribution in [0.1, 0.15) is 18.4 Å². The van der Waals surface area contributed by atoms with Gasteiger partial charge in [0.15, 0.2) is 0 Å². The maximum Gasteiger partial charge on any atom is 0.306 e. The van der Waals surface area contributed by atoms with Crippen molar-refractivity contribution in [2.75, 3.05) is 13.1 Å². The predicted molar refractivity (Wildman–Crippen MR) is 135 cm³/mol. The number of halogens is 2. The van der Waals surface area contributed by atoms with Gasteiger partial charge in [-0.2, -0.15) is 0 Å². The van der Waals surface area contributed by atoms with Crippen LogP contribution >= 0.6 is 35.0 Å². The molecule has 0 aliphatic carbocycles. The van der Waals surface area contributed by atoms with E-state index in [0.717, 1.165) is 20.7 Å². The zero-order valence-corrected chi connectivity index (χ0v) is 22.8. The van der Waals surface area contributed by atoms with Crippen molar-refractivity contribution < 1.29 is 14.7 Å². The van der Waals surface area contributed by atoms with E-state index in [0.29, 0.717) is 41.5 Å².